The number of hydrogen-bond donors (Lipinski definition) is 0. The molecular weight excluding hydrogens is 508 g/mol. The van der Waals surface area contributed by atoms with Crippen molar-refractivity contribution in [2.45, 2.75) is 25.1 Å². The summed E-state index contributed by atoms with van der Waals surface area (Å²) in [5.74, 6) is -0.212. The Morgan fingerprint density at radius 3 is 2.31 bits per heavy atom. The van der Waals surface area contributed by atoms with Gasteiger partial charge in [-0.05, 0) is 75.9 Å². The number of carbonyl (C=O) groups excluding carboxylic acids is 1. The van der Waals surface area contributed by atoms with Crippen molar-refractivity contribution in [3.8, 4) is 34.2 Å². The number of rotatable bonds is 6. The second kappa shape index (κ2) is 9.35. The van der Waals surface area contributed by atoms with Crippen molar-refractivity contribution in [3.63, 3.8) is 0 Å². The lowest BCUT2D eigenvalue weighted by Crippen LogP contribution is -2.10. The number of aromatic nitrogens is 1. The molecule has 6 rings (SSSR count). The van der Waals surface area contributed by atoms with Crippen LogP contribution in [-0.2, 0) is 24.0 Å². The summed E-state index contributed by atoms with van der Waals surface area (Å²) in [4.78, 5) is 15.4. The zero-order valence-corrected chi connectivity index (χ0v) is 20.4. The molecule has 0 bridgehead atoms. The number of halogens is 4. The Hall–Kier alpha value is -4.51. The summed E-state index contributed by atoms with van der Waals surface area (Å²) in [6, 6.07) is 18.8. The fourth-order valence-corrected chi connectivity index (χ4v) is 5.52. The number of pyridine rings is 1. The molecule has 0 N–H and O–H groups in total. The van der Waals surface area contributed by atoms with Gasteiger partial charge in [0.1, 0.15) is 18.7 Å². The van der Waals surface area contributed by atoms with E-state index < -0.39 is 17.6 Å². The Morgan fingerprint density at radius 2 is 1.67 bits per heavy atom. The van der Waals surface area contributed by atoms with Crippen LogP contribution in [0.1, 0.15) is 33.7 Å². The van der Waals surface area contributed by atoms with E-state index in [9.17, 15) is 22.4 Å². The third kappa shape index (κ3) is 4.54. The summed E-state index contributed by atoms with van der Waals surface area (Å²) in [6.45, 7) is -0.296. The minimum Gasteiger partial charge on any atom is -0.473 e. The van der Waals surface area contributed by atoms with Gasteiger partial charge in [0.2, 0.25) is 5.88 Å². The lowest BCUT2D eigenvalue weighted by Gasteiger charge is -2.17. The molecule has 0 saturated heterocycles. The van der Waals surface area contributed by atoms with E-state index in [1.807, 2.05) is 6.07 Å². The van der Waals surface area contributed by atoms with Crippen molar-refractivity contribution in [2.75, 3.05) is 0 Å². The molecule has 2 aliphatic carbocycles. The van der Waals surface area contributed by atoms with Crippen molar-refractivity contribution < 1.29 is 27.1 Å². The lowest BCUT2D eigenvalue weighted by atomic mass is 9.94. The normalized spacial score (nSPS) is 19.1. The number of fused-ring (bicyclic) bond motifs is 3. The minimum atomic E-state index is -4.76. The molecule has 2 aliphatic rings. The van der Waals surface area contributed by atoms with Gasteiger partial charge in [0.25, 0.3) is 0 Å². The predicted octanol–water partition coefficient (Wildman–Crippen LogP) is 7.11. The van der Waals surface area contributed by atoms with Crippen LogP contribution >= 0.6 is 0 Å². The monoisotopic (exact) mass is 528 g/mol. The maximum Gasteiger partial charge on any atom is 0.417 e. The van der Waals surface area contributed by atoms with Crippen molar-refractivity contribution in [1.82, 2.24) is 4.98 Å². The second-order valence-electron chi connectivity index (χ2n) is 9.87. The van der Waals surface area contributed by atoms with E-state index in [-0.39, 0.29) is 41.0 Å². The van der Waals surface area contributed by atoms with Crippen molar-refractivity contribution in [1.29, 1.82) is 5.26 Å². The first kappa shape index (κ1) is 24.8. The Balaban J connectivity index is 1.26. The Labute approximate surface area is 221 Å². The van der Waals surface area contributed by atoms with E-state index in [1.165, 1.54) is 6.07 Å². The zero-order valence-electron chi connectivity index (χ0n) is 20.4. The quantitative estimate of drug-likeness (QED) is 0.198. The Morgan fingerprint density at radius 1 is 1.00 bits per heavy atom. The minimum absolute atomic E-state index is 0.0275. The molecule has 1 heterocycles. The van der Waals surface area contributed by atoms with Crippen molar-refractivity contribution >= 4 is 6.29 Å². The molecule has 1 saturated carbocycles. The van der Waals surface area contributed by atoms with E-state index in [1.54, 1.807) is 60.8 Å². The fourth-order valence-electron chi connectivity index (χ4n) is 5.52. The number of nitriles is 1. The third-order valence-corrected chi connectivity index (χ3v) is 7.61. The predicted molar refractivity (Wildman–Crippen MR) is 135 cm³/mol. The number of hydrogen-bond acceptors (Lipinski definition) is 4. The SMILES string of the molecule is N#Cc1ccc(-c2ccc(-c3cc(COc4cc5c(cn4)[C@@H]4[C@@H](C=O)[C@@H]4C5)c(F)cc3C(F)(F)F)cc2)cc1. The van der Waals surface area contributed by atoms with Gasteiger partial charge < -0.3 is 9.53 Å². The maximum atomic E-state index is 14.8. The van der Waals surface area contributed by atoms with Crippen molar-refractivity contribution in [3.05, 3.63) is 107 Å². The molecule has 3 atom stereocenters. The largest absolute Gasteiger partial charge is 0.473 e. The second-order valence-corrected chi connectivity index (χ2v) is 9.87. The number of benzene rings is 3. The van der Waals surface area contributed by atoms with Crippen LogP contribution in [-0.4, -0.2) is 11.3 Å². The van der Waals surface area contributed by atoms with Gasteiger partial charge in [-0.15, -0.1) is 0 Å². The van der Waals surface area contributed by atoms with Gasteiger partial charge in [-0.25, -0.2) is 9.37 Å². The van der Waals surface area contributed by atoms with Gasteiger partial charge in [0.05, 0.1) is 17.2 Å². The number of alkyl halides is 3. The first-order valence-electron chi connectivity index (χ1n) is 12.3. The van der Waals surface area contributed by atoms with Crippen LogP contribution in [0, 0.1) is 29.0 Å². The summed E-state index contributed by atoms with van der Waals surface area (Å²) < 4.78 is 62.1. The number of nitrogens with zero attached hydrogens (tertiary/aromatic N) is 2. The highest BCUT2D eigenvalue weighted by molar-refractivity contribution is 5.73. The first-order valence-corrected chi connectivity index (χ1v) is 12.3. The molecule has 0 unspecified atom stereocenters. The molecule has 4 aromatic rings. The highest BCUT2D eigenvalue weighted by Crippen LogP contribution is 2.60. The standard InChI is InChI=1S/C31H20F4N2O2/c32-28-12-27(31(33,34)35)23(20-7-5-19(6-8-20)18-3-1-17(13-36)2-4-18)10-22(28)16-39-29-11-21-9-24-26(15-38)30(24)25(21)14-37-29/h1-8,10-12,14-15,24,26,30H,9,16H2/t24-,26-,30+/m0/s1. The van der Waals surface area contributed by atoms with E-state index in [2.05, 4.69) is 4.98 Å². The third-order valence-electron chi connectivity index (χ3n) is 7.61. The maximum absolute atomic E-state index is 14.8. The Bertz CT molecular complexity index is 1620. The van der Waals surface area contributed by atoms with Gasteiger partial charge >= 0.3 is 6.18 Å². The molecule has 0 radical (unpaired) electrons. The molecular formula is C31H20F4N2O2. The summed E-state index contributed by atoms with van der Waals surface area (Å²) in [6.07, 6.45) is -1.36. The van der Waals surface area contributed by atoms with Crippen LogP contribution in [0.2, 0.25) is 0 Å². The average Bonchev–Trinajstić information content (AvgIpc) is 3.50. The van der Waals surface area contributed by atoms with Gasteiger partial charge in [-0.1, -0.05) is 36.4 Å². The Kier molecular flexibility index (Phi) is 5.95. The van der Waals surface area contributed by atoms with Crippen LogP contribution in [0.5, 0.6) is 5.88 Å². The van der Waals surface area contributed by atoms with Crippen LogP contribution in [0.15, 0.2) is 72.9 Å². The number of carbonyl (C=O) groups is 1. The van der Waals surface area contributed by atoms with Crippen LogP contribution < -0.4 is 4.74 Å². The summed E-state index contributed by atoms with van der Waals surface area (Å²) in [7, 11) is 0. The molecule has 39 heavy (non-hydrogen) atoms. The average molecular weight is 529 g/mol. The van der Waals surface area contributed by atoms with E-state index in [4.69, 9.17) is 10.00 Å². The topological polar surface area (TPSA) is 63.0 Å². The molecule has 0 spiro atoms. The molecule has 194 valence electrons. The summed E-state index contributed by atoms with van der Waals surface area (Å²) in [5.41, 5.74) is 3.16. The molecule has 0 amide bonds. The fraction of sp³-hybridized carbons (Fsp3) is 0.194. The first-order chi connectivity index (χ1) is 18.8. The van der Waals surface area contributed by atoms with Crippen LogP contribution in [0.3, 0.4) is 0 Å². The molecule has 3 aromatic carbocycles. The molecule has 1 aromatic heterocycles. The molecule has 1 fully saturated rings. The smallest absolute Gasteiger partial charge is 0.417 e. The van der Waals surface area contributed by atoms with Gasteiger partial charge in [-0.2, -0.15) is 18.4 Å². The van der Waals surface area contributed by atoms with E-state index in [0.717, 1.165) is 35.0 Å². The van der Waals surface area contributed by atoms with Crippen molar-refractivity contribution in [2.24, 2.45) is 11.8 Å². The highest BCUT2D eigenvalue weighted by Gasteiger charge is 2.55. The lowest BCUT2D eigenvalue weighted by molar-refractivity contribution is -0.137. The highest BCUT2D eigenvalue weighted by atomic mass is 19.4. The van der Waals surface area contributed by atoms with Gasteiger partial charge in [0.15, 0.2) is 0 Å². The summed E-state index contributed by atoms with van der Waals surface area (Å²) >= 11 is 0. The van der Waals surface area contributed by atoms with E-state index >= 15 is 0 Å². The molecule has 8 heteroatoms. The molecule has 0 aliphatic heterocycles. The summed E-state index contributed by atoms with van der Waals surface area (Å²) in [5, 5.41) is 8.97. The van der Waals surface area contributed by atoms with E-state index in [0.29, 0.717) is 17.5 Å². The van der Waals surface area contributed by atoms with Crippen LogP contribution in [0.25, 0.3) is 22.3 Å². The number of ether oxygens (including phenoxy) is 1. The number of aldehydes is 1. The molecule has 4 nitrogen and oxygen atoms in total. The van der Waals surface area contributed by atoms with Gasteiger partial charge in [0, 0.05) is 23.7 Å². The zero-order chi connectivity index (χ0) is 27.3. The van der Waals surface area contributed by atoms with Crippen LogP contribution in [0.4, 0.5) is 17.6 Å². The van der Waals surface area contributed by atoms with Gasteiger partial charge in [-0.3, -0.25) is 0 Å².